The molecule has 0 saturated heterocycles. The second kappa shape index (κ2) is 9.39. The number of rotatable bonds is 8. The Morgan fingerprint density at radius 3 is 2.60 bits per heavy atom. The van der Waals surface area contributed by atoms with Crippen LogP contribution in [0, 0.1) is 17.2 Å². The monoisotopic (exact) mass is 293 g/mol. The van der Waals surface area contributed by atoms with E-state index >= 15 is 0 Å². The average Bonchev–Trinajstić information content (AvgIpc) is 2.45. The Bertz CT molecular complexity index is 451. The van der Waals surface area contributed by atoms with Gasteiger partial charge in [0.2, 0.25) is 0 Å². The first-order valence-corrected chi connectivity index (χ1v) is 7.36. The van der Waals surface area contributed by atoms with Crippen LogP contribution in [0.5, 0.6) is 0 Å². The van der Waals surface area contributed by atoms with Gasteiger partial charge in [0.25, 0.3) is 0 Å². The lowest BCUT2D eigenvalue weighted by atomic mass is 10.0. The number of carbonyl (C=O) groups excluding carboxylic acids is 1. The number of aryl methyl sites for hydroxylation is 1. The highest BCUT2D eigenvalue weighted by atomic mass is 35.5. The lowest BCUT2D eigenvalue weighted by Gasteiger charge is -2.08. The van der Waals surface area contributed by atoms with Gasteiger partial charge in [0.15, 0.2) is 0 Å². The van der Waals surface area contributed by atoms with Crippen LogP contribution in [0.3, 0.4) is 0 Å². The minimum absolute atomic E-state index is 0.327. The highest BCUT2D eigenvalue weighted by molar-refractivity contribution is 6.30. The maximum absolute atomic E-state index is 11.4. The summed E-state index contributed by atoms with van der Waals surface area (Å²) in [6.07, 6.45) is 4.48. The summed E-state index contributed by atoms with van der Waals surface area (Å²) in [5.74, 6) is -1.02. The van der Waals surface area contributed by atoms with Gasteiger partial charge in [0.05, 0.1) is 12.7 Å². The molecule has 1 atom stereocenters. The molecule has 0 aliphatic heterocycles. The Morgan fingerprint density at radius 1 is 1.30 bits per heavy atom. The van der Waals surface area contributed by atoms with E-state index in [0.717, 1.165) is 30.7 Å². The number of nitrogens with zero attached hydrogens (tertiary/aromatic N) is 1. The molecule has 0 radical (unpaired) electrons. The number of ether oxygens (including phenoxy) is 1. The summed E-state index contributed by atoms with van der Waals surface area (Å²) >= 11 is 5.83. The predicted octanol–water partition coefficient (Wildman–Crippen LogP) is 4.15. The summed E-state index contributed by atoms with van der Waals surface area (Å²) in [5.41, 5.74) is 1.26. The first kappa shape index (κ1) is 16.5. The summed E-state index contributed by atoms with van der Waals surface area (Å²) in [6, 6.07) is 9.85. The summed E-state index contributed by atoms with van der Waals surface area (Å²) < 4.78 is 4.86. The fraction of sp³-hybridized carbons (Fsp3) is 0.500. The summed E-state index contributed by atoms with van der Waals surface area (Å²) in [6.45, 7) is 2.08. The molecule has 0 heterocycles. The van der Waals surface area contributed by atoms with Gasteiger partial charge < -0.3 is 4.74 Å². The van der Waals surface area contributed by atoms with Crippen LogP contribution >= 0.6 is 11.6 Å². The molecule has 0 N–H and O–H groups in total. The summed E-state index contributed by atoms with van der Waals surface area (Å²) in [5, 5.41) is 9.67. The van der Waals surface area contributed by atoms with E-state index in [1.165, 1.54) is 5.56 Å². The largest absolute Gasteiger partial charge is 0.465 e. The summed E-state index contributed by atoms with van der Waals surface area (Å²) in [7, 11) is 0. The Kier molecular flexibility index (Phi) is 7.75. The predicted molar refractivity (Wildman–Crippen MR) is 79.4 cm³/mol. The number of halogens is 1. The lowest BCUT2D eigenvalue weighted by molar-refractivity contribution is -0.146. The van der Waals surface area contributed by atoms with E-state index < -0.39 is 11.9 Å². The molecule has 0 spiro atoms. The van der Waals surface area contributed by atoms with Gasteiger partial charge in [0.1, 0.15) is 5.92 Å². The van der Waals surface area contributed by atoms with E-state index in [0.29, 0.717) is 13.0 Å². The van der Waals surface area contributed by atoms with Crippen molar-refractivity contribution in [2.75, 3.05) is 6.61 Å². The van der Waals surface area contributed by atoms with E-state index in [9.17, 15) is 4.79 Å². The third-order valence-electron chi connectivity index (χ3n) is 3.10. The Hall–Kier alpha value is -1.53. The number of hydrogen-bond acceptors (Lipinski definition) is 3. The fourth-order valence-electron chi connectivity index (χ4n) is 1.98. The van der Waals surface area contributed by atoms with Crippen LogP contribution in [-0.2, 0) is 16.0 Å². The molecule has 0 aliphatic carbocycles. The molecule has 1 unspecified atom stereocenters. The van der Waals surface area contributed by atoms with Crippen molar-refractivity contribution in [1.82, 2.24) is 0 Å². The third kappa shape index (κ3) is 6.08. The lowest BCUT2D eigenvalue weighted by Crippen LogP contribution is -2.16. The molecule has 4 heteroatoms. The van der Waals surface area contributed by atoms with Crippen molar-refractivity contribution in [3.05, 3.63) is 34.9 Å². The third-order valence-corrected chi connectivity index (χ3v) is 3.35. The molecule has 0 fully saturated rings. The van der Waals surface area contributed by atoms with Gasteiger partial charge in [-0.3, -0.25) is 4.79 Å². The second-order valence-corrected chi connectivity index (χ2v) is 5.10. The molecular formula is C16H20ClNO2. The number of benzene rings is 1. The van der Waals surface area contributed by atoms with Crippen molar-refractivity contribution in [1.29, 1.82) is 5.26 Å². The molecule has 3 nitrogen and oxygen atoms in total. The van der Waals surface area contributed by atoms with Gasteiger partial charge in [-0.1, -0.05) is 36.6 Å². The molecule has 20 heavy (non-hydrogen) atoms. The van der Waals surface area contributed by atoms with Gasteiger partial charge in [-0.2, -0.15) is 5.26 Å². The molecule has 1 aromatic rings. The first-order valence-electron chi connectivity index (χ1n) is 6.98. The summed E-state index contributed by atoms with van der Waals surface area (Å²) in [4.78, 5) is 11.4. The van der Waals surface area contributed by atoms with Crippen LogP contribution in [0.15, 0.2) is 24.3 Å². The van der Waals surface area contributed by atoms with Crippen LogP contribution in [-0.4, -0.2) is 12.6 Å². The first-order chi connectivity index (χ1) is 9.67. The van der Waals surface area contributed by atoms with Crippen molar-refractivity contribution in [2.45, 2.75) is 39.0 Å². The van der Waals surface area contributed by atoms with Crippen LogP contribution in [0.25, 0.3) is 0 Å². The molecular weight excluding hydrogens is 274 g/mol. The average molecular weight is 294 g/mol. The van der Waals surface area contributed by atoms with Gasteiger partial charge in [-0.25, -0.2) is 0 Å². The van der Waals surface area contributed by atoms with E-state index in [1.54, 1.807) is 6.92 Å². The van der Waals surface area contributed by atoms with E-state index in [-0.39, 0.29) is 0 Å². The normalized spacial score (nSPS) is 11.7. The highest BCUT2D eigenvalue weighted by Gasteiger charge is 2.18. The van der Waals surface area contributed by atoms with E-state index in [1.807, 2.05) is 30.3 Å². The maximum Gasteiger partial charge on any atom is 0.323 e. The van der Waals surface area contributed by atoms with Gasteiger partial charge >= 0.3 is 5.97 Å². The smallest absolute Gasteiger partial charge is 0.323 e. The van der Waals surface area contributed by atoms with Crippen LogP contribution < -0.4 is 0 Å². The zero-order chi connectivity index (χ0) is 14.8. The van der Waals surface area contributed by atoms with Crippen LogP contribution in [0.1, 0.15) is 38.2 Å². The molecule has 0 aliphatic rings. The van der Waals surface area contributed by atoms with Crippen LogP contribution in [0.4, 0.5) is 0 Å². The number of hydrogen-bond donors (Lipinski definition) is 0. The number of esters is 1. The zero-order valence-corrected chi connectivity index (χ0v) is 12.5. The number of unbranched alkanes of at least 4 members (excludes halogenated alkanes) is 2. The molecule has 108 valence electrons. The Morgan fingerprint density at radius 2 is 2.00 bits per heavy atom. The minimum atomic E-state index is -0.620. The molecule has 0 aromatic heterocycles. The fourth-order valence-corrected chi connectivity index (χ4v) is 2.11. The van der Waals surface area contributed by atoms with Gasteiger partial charge in [-0.05, 0) is 43.9 Å². The molecule has 0 bridgehead atoms. The molecule has 1 aromatic carbocycles. The van der Waals surface area contributed by atoms with E-state index in [2.05, 4.69) is 0 Å². The molecule has 0 amide bonds. The van der Waals surface area contributed by atoms with Gasteiger partial charge in [0, 0.05) is 5.02 Å². The van der Waals surface area contributed by atoms with Crippen molar-refractivity contribution >= 4 is 17.6 Å². The topological polar surface area (TPSA) is 50.1 Å². The quantitative estimate of drug-likeness (QED) is 0.534. The van der Waals surface area contributed by atoms with E-state index in [4.69, 9.17) is 21.6 Å². The molecule has 1 rings (SSSR count). The standard InChI is InChI=1S/C16H20ClNO2/c1-2-20-16(19)14(12-18)7-5-3-4-6-13-8-10-15(17)11-9-13/h8-11,14H,2-7H2,1H3. The second-order valence-electron chi connectivity index (χ2n) is 4.66. The molecule has 0 saturated carbocycles. The maximum atomic E-state index is 11.4. The van der Waals surface area contributed by atoms with Crippen molar-refractivity contribution in [2.24, 2.45) is 5.92 Å². The zero-order valence-electron chi connectivity index (χ0n) is 11.8. The Labute approximate surface area is 125 Å². The van der Waals surface area contributed by atoms with Crippen molar-refractivity contribution in [3.63, 3.8) is 0 Å². The number of nitriles is 1. The van der Waals surface area contributed by atoms with Crippen molar-refractivity contribution < 1.29 is 9.53 Å². The van der Waals surface area contributed by atoms with Gasteiger partial charge in [-0.15, -0.1) is 0 Å². The highest BCUT2D eigenvalue weighted by Crippen LogP contribution is 2.15. The minimum Gasteiger partial charge on any atom is -0.465 e. The SMILES string of the molecule is CCOC(=O)C(C#N)CCCCCc1ccc(Cl)cc1. The Balaban J connectivity index is 2.19. The van der Waals surface area contributed by atoms with Crippen LogP contribution in [0.2, 0.25) is 5.02 Å². The van der Waals surface area contributed by atoms with Crippen molar-refractivity contribution in [3.8, 4) is 6.07 Å². The number of carbonyl (C=O) groups is 1.